The van der Waals surface area contributed by atoms with Crippen molar-refractivity contribution in [2.45, 2.75) is 45.6 Å². The third kappa shape index (κ3) is 4.19. The van der Waals surface area contributed by atoms with E-state index in [2.05, 4.69) is 20.3 Å². The van der Waals surface area contributed by atoms with Crippen molar-refractivity contribution in [3.05, 3.63) is 12.7 Å². The lowest BCUT2D eigenvalue weighted by Crippen LogP contribution is -2.31. The predicted molar refractivity (Wildman–Crippen MR) is 90.3 cm³/mol. The lowest BCUT2D eigenvalue weighted by Gasteiger charge is -2.17. The summed E-state index contributed by atoms with van der Waals surface area (Å²) in [6.45, 7) is 3.92. The molecule has 27 heavy (non-hydrogen) atoms. The fourth-order valence-corrected chi connectivity index (χ4v) is 2.88. The third-order valence-electron chi connectivity index (χ3n) is 3.91. The Hall–Kier alpha value is -3.08. The van der Waals surface area contributed by atoms with E-state index in [9.17, 15) is 14.4 Å². The quantitative estimate of drug-likeness (QED) is 0.742. The van der Waals surface area contributed by atoms with Gasteiger partial charge in [-0.1, -0.05) is 0 Å². The molecule has 0 aromatic carbocycles. The molecule has 0 bridgehead atoms. The fraction of sp³-hybridized carbons (Fsp3) is 0.500. The lowest BCUT2D eigenvalue weighted by atomic mass is 10.2. The third-order valence-corrected chi connectivity index (χ3v) is 3.91. The summed E-state index contributed by atoms with van der Waals surface area (Å²) < 4.78 is 17.9. The molecule has 0 saturated carbocycles. The van der Waals surface area contributed by atoms with Crippen LogP contribution in [0.4, 0.5) is 5.82 Å². The number of rotatable bonds is 5. The van der Waals surface area contributed by atoms with Gasteiger partial charge in [0.25, 0.3) is 0 Å². The maximum Gasteiger partial charge on any atom is 0.303 e. The molecule has 0 spiro atoms. The van der Waals surface area contributed by atoms with Gasteiger partial charge in [0, 0.05) is 27.2 Å². The van der Waals surface area contributed by atoms with E-state index >= 15 is 0 Å². The van der Waals surface area contributed by atoms with Crippen molar-refractivity contribution in [3.8, 4) is 0 Å². The van der Waals surface area contributed by atoms with Crippen molar-refractivity contribution >= 4 is 34.8 Å². The zero-order chi connectivity index (χ0) is 19.6. The van der Waals surface area contributed by atoms with Gasteiger partial charge in [-0.3, -0.25) is 19.0 Å². The maximum absolute atomic E-state index is 11.4. The summed E-state index contributed by atoms with van der Waals surface area (Å²) in [6, 6.07) is 0. The number of esters is 2. The molecule has 1 amide bonds. The summed E-state index contributed by atoms with van der Waals surface area (Å²) in [4.78, 5) is 46.2. The van der Waals surface area contributed by atoms with Crippen LogP contribution in [0.2, 0.25) is 0 Å². The van der Waals surface area contributed by atoms with Gasteiger partial charge in [-0.15, -0.1) is 0 Å². The number of imidazole rings is 1. The molecule has 11 nitrogen and oxygen atoms in total. The monoisotopic (exact) mass is 377 g/mol. The van der Waals surface area contributed by atoms with Gasteiger partial charge in [-0.05, 0) is 0 Å². The van der Waals surface area contributed by atoms with Crippen LogP contribution in [0.25, 0.3) is 11.2 Å². The Kier molecular flexibility index (Phi) is 5.31. The molecule has 3 rings (SSSR count). The Balaban J connectivity index is 1.86. The Morgan fingerprint density at radius 1 is 1.22 bits per heavy atom. The standard InChI is InChI=1S/C16H19N5O6/c1-8(22)20-15-14-16(18-6-17-15)21(7-19-14)13-4-11(26-10(3)24)12(27-13)5-25-9(2)23/h6-7,11-13H,4-5H2,1-3H3,(H,17,18,20,22)/t11-,12+,13+/m0/s1. The van der Waals surface area contributed by atoms with Crippen molar-refractivity contribution in [2.24, 2.45) is 0 Å². The maximum atomic E-state index is 11.4. The van der Waals surface area contributed by atoms with Crippen LogP contribution in [0.5, 0.6) is 0 Å². The fourth-order valence-electron chi connectivity index (χ4n) is 2.88. The van der Waals surface area contributed by atoms with Crippen LogP contribution in [0, 0.1) is 0 Å². The molecular weight excluding hydrogens is 358 g/mol. The first-order valence-electron chi connectivity index (χ1n) is 8.26. The molecule has 1 aliphatic rings. The second-order valence-corrected chi connectivity index (χ2v) is 6.04. The summed E-state index contributed by atoms with van der Waals surface area (Å²) in [5, 5.41) is 2.59. The first-order valence-corrected chi connectivity index (χ1v) is 8.26. The summed E-state index contributed by atoms with van der Waals surface area (Å²) in [5.41, 5.74) is 0.859. The zero-order valence-corrected chi connectivity index (χ0v) is 15.0. The molecule has 144 valence electrons. The van der Waals surface area contributed by atoms with Crippen LogP contribution in [-0.4, -0.2) is 56.2 Å². The highest BCUT2D eigenvalue weighted by atomic mass is 16.6. The molecule has 3 heterocycles. The summed E-state index contributed by atoms with van der Waals surface area (Å²) in [5.74, 6) is -0.900. The van der Waals surface area contributed by atoms with Crippen LogP contribution in [0.1, 0.15) is 33.4 Å². The zero-order valence-electron chi connectivity index (χ0n) is 15.0. The highest BCUT2D eigenvalue weighted by Gasteiger charge is 2.40. The largest absolute Gasteiger partial charge is 0.463 e. The summed E-state index contributed by atoms with van der Waals surface area (Å²) in [6.07, 6.45) is 1.41. The van der Waals surface area contributed by atoms with Gasteiger partial charge < -0.3 is 19.5 Å². The summed E-state index contributed by atoms with van der Waals surface area (Å²) >= 11 is 0. The van der Waals surface area contributed by atoms with E-state index in [-0.39, 0.29) is 18.3 Å². The average Bonchev–Trinajstić information content (AvgIpc) is 3.16. The number of hydrogen-bond donors (Lipinski definition) is 1. The van der Waals surface area contributed by atoms with Crippen LogP contribution in [0.15, 0.2) is 12.7 Å². The number of fused-ring (bicyclic) bond motifs is 1. The number of nitrogens with zero attached hydrogens (tertiary/aromatic N) is 4. The van der Waals surface area contributed by atoms with E-state index < -0.39 is 30.4 Å². The van der Waals surface area contributed by atoms with Crippen molar-refractivity contribution in [2.75, 3.05) is 11.9 Å². The minimum atomic E-state index is -0.614. The summed E-state index contributed by atoms with van der Waals surface area (Å²) in [7, 11) is 0. The number of anilines is 1. The van der Waals surface area contributed by atoms with Crippen LogP contribution in [-0.2, 0) is 28.6 Å². The van der Waals surface area contributed by atoms with E-state index in [0.717, 1.165) is 0 Å². The van der Waals surface area contributed by atoms with Crippen molar-refractivity contribution < 1.29 is 28.6 Å². The molecule has 2 aromatic rings. The molecule has 1 N–H and O–H groups in total. The van der Waals surface area contributed by atoms with E-state index in [1.807, 2.05) is 0 Å². The Morgan fingerprint density at radius 2 is 2.00 bits per heavy atom. The average molecular weight is 377 g/mol. The van der Waals surface area contributed by atoms with Gasteiger partial charge in [0.05, 0.1) is 6.33 Å². The first kappa shape index (κ1) is 18.7. The predicted octanol–water partition coefficient (Wildman–Crippen LogP) is 0.567. The van der Waals surface area contributed by atoms with Crippen molar-refractivity contribution in [1.29, 1.82) is 0 Å². The molecule has 1 aliphatic heterocycles. The highest BCUT2D eigenvalue weighted by molar-refractivity contribution is 5.95. The van der Waals surface area contributed by atoms with Crippen LogP contribution >= 0.6 is 0 Å². The molecular formula is C16H19N5O6. The molecule has 3 atom stereocenters. The number of amides is 1. The highest BCUT2D eigenvalue weighted by Crippen LogP contribution is 2.33. The van der Waals surface area contributed by atoms with E-state index in [0.29, 0.717) is 17.6 Å². The molecule has 11 heteroatoms. The van der Waals surface area contributed by atoms with Gasteiger partial charge >= 0.3 is 11.9 Å². The van der Waals surface area contributed by atoms with Crippen LogP contribution < -0.4 is 5.32 Å². The molecule has 0 aliphatic carbocycles. The normalized spacial score (nSPS) is 21.8. The Labute approximate surface area is 154 Å². The van der Waals surface area contributed by atoms with E-state index in [1.165, 1.54) is 33.4 Å². The van der Waals surface area contributed by atoms with Gasteiger partial charge in [-0.2, -0.15) is 0 Å². The molecule has 0 unspecified atom stereocenters. The van der Waals surface area contributed by atoms with Gasteiger partial charge in [-0.25, -0.2) is 15.0 Å². The van der Waals surface area contributed by atoms with Gasteiger partial charge in [0.2, 0.25) is 5.91 Å². The SMILES string of the molecule is CC(=O)Nc1ncnc2c1ncn2[C@H]1C[C@H](OC(C)=O)[C@@H](COC(C)=O)O1. The van der Waals surface area contributed by atoms with Crippen molar-refractivity contribution in [3.63, 3.8) is 0 Å². The van der Waals surface area contributed by atoms with E-state index in [1.54, 1.807) is 4.57 Å². The molecule has 2 aromatic heterocycles. The molecule has 1 fully saturated rings. The number of hydrogen-bond acceptors (Lipinski definition) is 9. The minimum Gasteiger partial charge on any atom is -0.463 e. The second-order valence-electron chi connectivity index (χ2n) is 6.04. The Morgan fingerprint density at radius 3 is 2.67 bits per heavy atom. The first-order chi connectivity index (χ1) is 12.8. The van der Waals surface area contributed by atoms with Crippen LogP contribution in [0.3, 0.4) is 0 Å². The topological polar surface area (TPSA) is 135 Å². The molecule has 1 saturated heterocycles. The molecule has 0 radical (unpaired) electrons. The lowest BCUT2D eigenvalue weighted by molar-refractivity contribution is -0.155. The van der Waals surface area contributed by atoms with Gasteiger partial charge in [0.15, 0.2) is 17.0 Å². The smallest absolute Gasteiger partial charge is 0.303 e. The number of carbonyl (C=O) groups is 3. The van der Waals surface area contributed by atoms with E-state index in [4.69, 9.17) is 14.2 Å². The second kappa shape index (κ2) is 7.66. The number of nitrogens with one attached hydrogen (secondary N) is 1. The number of carbonyl (C=O) groups excluding carboxylic acids is 3. The number of aromatic nitrogens is 4. The van der Waals surface area contributed by atoms with Gasteiger partial charge in [0.1, 0.15) is 31.4 Å². The minimum absolute atomic E-state index is 0.0392. The Bertz CT molecular complexity index is 881. The number of ether oxygens (including phenoxy) is 3. The van der Waals surface area contributed by atoms with Crippen molar-refractivity contribution in [1.82, 2.24) is 19.5 Å².